The van der Waals surface area contributed by atoms with E-state index in [0.717, 1.165) is 82.7 Å². The number of rotatable bonds is 7. The zero-order valence-corrected chi connectivity index (χ0v) is 19.3. The Bertz CT molecular complexity index is 442. The van der Waals surface area contributed by atoms with Gasteiger partial charge in [0.15, 0.2) is 5.96 Å². The zero-order valence-electron chi connectivity index (χ0n) is 17.0. The number of hydrogen-bond acceptors (Lipinski definition) is 2. The van der Waals surface area contributed by atoms with Crippen LogP contribution in [0.25, 0.3) is 0 Å². The van der Waals surface area contributed by atoms with Gasteiger partial charge in [-0.05, 0) is 50.9 Å². The van der Waals surface area contributed by atoms with Crippen molar-refractivity contribution >= 4 is 35.8 Å². The molecule has 0 aromatic heterocycles. The summed E-state index contributed by atoms with van der Waals surface area (Å²) in [7, 11) is 0. The van der Waals surface area contributed by atoms with Crippen LogP contribution in [0.4, 0.5) is 0 Å². The monoisotopic (exact) mass is 478 g/mol. The van der Waals surface area contributed by atoms with E-state index in [1.807, 2.05) is 4.90 Å². The van der Waals surface area contributed by atoms with Crippen LogP contribution in [0.15, 0.2) is 4.99 Å². The molecule has 0 aromatic carbocycles. The van der Waals surface area contributed by atoms with Crippen LogP contribution in [0.3, 0.4) is 0 Å². The predicted octanol–water partition coefficient (Wildman–Crippen LogP) is 3.73. The molecule has 0 radical (unpaired) electrons. The summed E-state index contributed by atoms with van der Waals surface area (Å²) in [5.41, 5.74) is 0. The Kier molecular flexibility index (Phi) is 11.6. The summed E-state index contributed by atoms with van der Waals surface area (Å²) in [6.45, 7) is 12.5. The number of nitrogens with zero attached hydrogens (tertiary/aromatic N) is 3. The highest BCUT2D eigenvalue weighted by atomic mass is 127. The van der Waals surface area contributed by atoms with E-state index in [9.17, 15) is 4.79 Å². The molecule has 2 aliphatic heterocycles. The average Bonchev–Trinajstić information content (AvgIpc) is 2.92. The molecular weight excluding hydrogens is 439 g/mol. The predicted molar refractivity (Wildman–Crippen MR) is 120 cm³/mol. The first-order valence-electron chi connectivity index (χ1n) is 10.4. The second-order valence-electron chi connectivity index (χ2n) is 8.01. The van der Waals surface area contributed by atoms with Crippen LogP contribution in [0.5, 0.6) is 0 Å². The Balaban J connectivity index is 0.00000338. The first kappa shape index (κ1) is 23.5. The summed E-state index contributed by atoms with van der Waals surface area (Å²) in [5.74, 6) is 2.98. The molecule has 0 spiro atoms. The summed E-state index contributed by atoms with van der Waals surface area (Å²) in [5, 5.41) is 3.45. The summed E-state index contributed by atoms with van der Waals surface area (Å²) in [6.07, 6.45) is 7.70. The van der Waals surface area contributed by atoms with Gasteiger partial charge in [0, 0.05) is 45.7 Å². The van der Waals surface area contributed by atoms with Crippen LogP contribution in [0.2, 0.25) is 0 Å². The lowest BCUT2D eigenvalue weighted by atomic mass is 9.97. The number of guanidine groups is 1. The molecule has 5 nitrogen and oxygen atoms in total. The summed E-state index contributed by atoms with van der Waals surface area (Å²) in [4.78, 5) is 21.4. The minimum atomic E-state index is 0. The molecule has 1 atom stereocenters. The molecule has 2 saturated heterocycles. The maximum absolute atomic E-state index is 12.0. The fourth-order valence-electron chi connectivity index (χ4n) is 4.03. The van der Waals surface area contributed by atoms with E-state index in [4.69, 9.17) is 4.99 Å². The molecular formula is C20H39IN4O. The lowest BCUT2D eigenvalue weighted by Crippen LogP contribution is -2.40. The van der Waals surface area contributed by atoms with Crippen molar-refractivity contribution in [1.29, 1.82) is 0 Å². The fraction of sp³-hybridized carbons (Fsp3) is 0.900. The Hall–Kier alpha value is -0.530. The van der Waals surface area contributed by atoms with Gasteiger partial charge in [-0.15, -0.1) is 24.0 Å². The minimum Gasteiger partial charge on any atom is -0.357 e. The van der Waals surface area contributed by atoms with Crippen LogP contribution in [-0.4, -0.2) is 60.9 Å². The van der Waals surface area contributed by atoms with E-state index in [-0.39, 0.29) is 24.0 Å². The molecule has 1 N–H and O–H groups in total. The summed E-state index contributed by atoms with van der Waals surface area (Å²) in [6, 6.07) is 0. The van der Waals surface area contributed by atoms with E-state index in [0.29, 0.717) is 5.91 Å². The SMILES string of the molecule is CCNC(=NCCCN1CCCCCC1=O)N1CCC(CC(C)C)C1.I. The number of halogens is 1. The Morgan fingerprint density at radius 1 is 1.27 bits per heavy atom. The van der Waals surface area contributed by atoms with Gasteiger partial charge in [-0.1, -0.05) is 20.3 Å². The van der Waals surface area contributed by atoms with Crippen molar-refractivity contribution in [2.24, 2.45) is 16.8 Å². The highest BCUT2D eigenvalue weighted by molar-refractivity contribution is 14.0. The van der Waals surface area contributed by atoms with Crippen LogP contribution in [0, 0.1) is 11.8 Å². The van der Waals surface area contributed by atoms with E-state index in [2.05, 4.69) is 31.0 Å². The number of likely N-dealkylation sites (tertiary alicyclic amines) is 2. The highest BCUT2D eigenvalue weighted by Crippen LogP contribution is 2.23. The number of aliphatic imine (C=N–C) groups is 1. The standard InChI is InChI=1S/C20H38N4O.HI/c1-4-21-20(24-14-10-18(16-24)15-17(2)3)22-11-8-13-23-12-7-5-6-9-19(23)25;/h17-18H,4-16H2,1-3H3,(H,21,22);1H. The molecule has 1 amide bonds. The van der Waals surface area contributed by atoms with Gasteiger partial charge in [0.25, 0.3) is 0 Å². The molecule has 152 valence electrons. The Morgan fingerprint density at radius 2 is 2.08 bits per heavy atom. The number of hydrogen-bond donors (Lipinski definition) is 1. The molecule has 2 fully saturated rings. The fourth-order valence-corrected chi connectivity index (χ4v) is 4.03. The number of carbonyl (C=O) groups is 1. The van der Waals surface area contributed by atoms with Gasteiger partial charge < -0.3 is 15.1 Å². The quantitative estimate of drug-likeness (QED) is 0.263. The van der Waals surface area contributed by atoms with E-state index in [1.165, 1.54) is 19.3 Å². The second-order valence-corrected chi connectivity index (χ2v) is 8.01. The van der Waals surface area contributed by atoms with Gasteiger partial charge >= 0.3 is 0 Å². The Morgan fingerprint density at radius 3 is 2.81 bits per heavy atom. The van der Waals surface area contributed by atoms with Gasteiger partial charge in [0.2, 0.25) is 5.91 Å². The molecule has 0 aliphatic carbocycles. The van der Waals surface area contributed by atoms with Crippen molar-refractivity contribution in [3.8, 4) is 0 Å². The normalized spacial score (nSPS) is 21.8. The van der Waals surface area contributed by atoms with Crippen molar-refractivity contribution in [3.63, 3.8) is 0 Å². The minimum absolute atomic E-state index is 0. The number of carbonyl (C=O) groups excluding carboxylic acids is 1. The molecule has 0 saturated carbocycles. The van der Waals surface area contributed by atoms with Crippen molar-refractivity contribution in [2.75, 3.05) is 39.3 Å². The number of amides is 1. The zero-order chi connectivity index (χ0) is 18.1. The van der Waals surface area contributed by atoms with E-state index < -0.39 is 0 Å². The van der Waals surface area contributed by atoms with Crippen molar-refractivity contribution in [2.45, 2.75) is 65.7 Å². The van der Waals surface area contributed by atoms with Crippen LogP contribution >= 0.6 is 24.0 Å². The lowest BCUT2D eigenvalue weighted by Gasteiger charge is -2.23. The van der Waals surface area contributed by atoms with E-state index >= 15 is 0 Å². The van der Waals surface area contributed by atoms with Gasteiger partial charge in [-0.2, -0.15) is 0 Å². The second kappa shape index (κ2) is 12.8. The molecule has 0 aromatic rings. The summed E-state index contributed by atoms with van der Waals surface area (Å²) < 4.78 is 0. The van der Waals surface area contributed by atoms with Crippen LogP contribution in [0.1, 0.15) is 65.7 Å². The summed E-state index contributed by atoms with van der Waals surface area (Å²) >= 11 is 0. The third-order valence-corrected chi connectivity index (χ3v) is 5.24. The first-order chi connectivity index (χ1) is 12.1. The maximum atomic E-state index is 12.0. The van der Waals surface area contributed by atoms with Gasteiger partial charge in [-0.3, -0.25) is 9.79 Å². The molecule has 2 aliphatic rings. The van der Waals surface area contributed by atoms with Gasteiger partial charge in [0.05, 0.1) is 0 Å². The average molecular weight is 478 g/mol. The van der Waals surface area contributed by atoms with Crippen LogP contribution < -0.4 is 5.32 Å². The van der Waals surface area contributed by atoms with Crippen molar-refractivity contribution < 1.29 is 4.79 Å². The molecule has 2 rings (SSSR count). The topological polar surface area (TPSA) is 47.9 Å². The molecule has 0 bridgehead atoms. The third-order valence-electron chi connectivity index (χ3n) is 5.24. The smallest absolute Gasteiger partial charge is 0.222 e. The largest absolute Gasteiger partial charge is 0.357 e. The van der Waals surface area contributed by atoms with Gasteiger partial charge in [0.1, 0.15) is 0 Å². The van der Waals surface area contributed by atoms with Crippen LogP contribution in [-0.2, 0) is 4.79 Å². The highest BCUT2D eigenvalue weighted by Gasteiger charge is 2.25. The molecule has 6 heteroatoms. The maximum Gasteiger partial charge on any atom is 0.222 e. The first-order valence-corrected chi connectivity index (χ1v) is 10.4. The Labute approximate surface area is 177 Å². The lowest BCUT2D eigenvalue weighted by molar-refractivity contribution is -0.130. The van der Waals surface area contributed by atoms with E-state index in [1.54, 1.807) is 0 Å². The molecule has 26 heavy (non-hydrogen) atoms. The van der Waals surface area contributed by atoms with Crippen molar-refractivity contribution in [1.82, 2.24) is 15.1 Å². The van der Waals surface area contributed by atoms with Gasteiger partial charge in [-0.25, -0.2) is 0 Å². The molecule has 2 heterocycles. The number of nitrogens with one attached hydrogen (secondary N) is 1. The molecule has 1 unspecified atom stereocenters. The third kappa shape index (κ3) is 8.01. The van der Waals surface area contributed by atoms with Crippen molar-refractivity contribution in [3.05, 3.63) is 0 Å².